The van der Waals surface area contributed by atoms with E-state index in [1.165, 1.54) is 6.92 Å². The fourth-order valence-corrected chi connectivity index (χ4v) is 2.92. The highest BCUT2D eigenvalue weighted by Crippen LogP contribution is 2.35. The number of hydrogen-bond acceptors (Lipinski definition) is 5. The highest BCUT2D eigenvalue weighted by molar-refractivity contribution is 6.00. The molecule has 6 N–H and O–H groups in total. The van der Waals surface area contributed by atoms with E-state index in [1.807, 2.05) is 62.4 Å². The van der Waals surface area contributed by atoms with E-state index in [9.17, 15) is 4.79 Å². The molecule has 0 unspecified atom stereocenters. The van der Waals surface area contributed by atoms with Crippen molar-refractivity contribution in [2.75, 3.05) is 4.90 Å². The predicted octanol–water partition coefficient (Wildman–Crippen LogP) is 2.41. The van der Waals surface area contributed by atoms with E-state index in [2.05, 4.69) is 0 Å². The average molecular weight is 339 g/mol. The molecule has 1 amide bonds. The van der Waals surface area contributed by atoms with Crippen molar-refractivity contribution in [3.63, 3.8) is 0 Å². The molecule has 1 heterocycles. The van der Waals surface area contributed by atoms with Crippen molar-refractivity contribution in [1.82, 2.24) is 5.12 Å². The second kappa shape index (κ2) is 7.83. The SMILES string of the molecule is CC.CC(=O)N1Cc2ccccc2/C(N)=C(/N(N)N)c2ccccc21. The van der Waals surface area contributed by atoms with Crippen molar-refractivity contribution in [2.24, 2.45) is 17.4 Å². The maximum atomic E-state index is 12.2. The van der Waals surface area contributed by atoms with Gasteiger partial charge in [-0.1, -0.05) is 56.3 Å². The molecular formula is C19H25N5O. The molecule has 132 valence electrons. The number of carbonyl (C=O) groups excluding carboxylic acids is 1. The molecule has 0 aromatic heterocycles. The molecule has 25 heavy (non-hydrogen) atoms. The Kier molecular flexibility index (Phi) is 5.80. The van der Waals surface area contributed by atoms with Crippen LogP contribution in [0.5, 0.6) is 0 Å². The van der Waals surface area contributed by atoms with Gasteiger partial charge in [0.25, 0.3) is 0 Å². The molecule has 0 spiro atoms. The summed E-state index contributed by atoms with van der Waals surface area (Å²) in [6.07, 6.45) is 0. The van der Waals surface area contributed by atoms with Gasteiger partial charge in [0.1, 0.15) is 5.70 Å². The van der Waals surface area contributed by atoms with Gasteiger partial charge in [0, 0.05) is 18.1 Å². The summed E-state index contributed by atoms with van der Waals surface area (Å²) >= 11 is 0. The first-order valence-electron chi connectivity index (χ1n) is 8.25. The molecule has 0 fully saturated rings. The van der Waals surface area contributed by atoms with E-state index in [0.717, 1.165) is 27.5 Å². The van der Waals surface area contributed by atoms with E-state index < -0.39 is 0 Å². The average Bonchev–Trinajstić information content (AvgIpc) is 2.60. The van der Waals surface area contributed by atoms with Gasteiger partial charge in [0.15, 0.2) is 0 Å². The first kappa shape index (κ1) is 18.5. The van der Waals surface area contributed by atoms with Crippen LogP contribution in [0.2, 0.25) is 0 Å². The van der Waals surface area contributed by atoms with Crippen LogP contribution in [0.4, 0.5) is 5.69 Å². The Morgan fingerprint density at radius 1 is 1.00 bits per heavy atom. The van der Waals surface area contributed by atoms with E-state index in [4.69, 9.17) is 17.4 Å². The van der Waals surface area contributed by atoms with Crippen LogP contribution in [0.1, 0.15) is 37.5 Å². The fraction of sp³-hybridized carbons (Fsp3) is 0.211. The summed E-state index contributed by atoms with van der Waals surface area (Å²) in [6, 6.07) is 15.1. The largest absolute Gasteiger partial charge is 0.396 e. The third-order valence-corrected chi connectivity index (χ3v) is 3.98. The highest BCUT2D eigenvalue weighted by atomic mass is 16.2. The second-order valence-electron chi connectivity index (χ2n) is 5.45. The van der Waals surface area contributed by atoms with Gasteiger partial charge in [0.2, 0.25) is 5.91 Å². The molecule has 6 heteroatoms. The molecule has 0 bridgehead atoms. The van der Waals surface area contributed by atoms with Crippen molar-refractivity contribution in [1.29, 1.82) is 0 Å². The molecule has 0 aliphatic carbocycles. The number of carbonyl (C=O) groups is 1. The van der Waals surface area contributed by atoms with Crippen LogP contribution in [0.15, 0.2) is 48.5 Å². The van der Waals surface area contributed by atoms with Crippen LogP contribution in [-0.4, -0.2) is 11.0 Å². The summed E-state index contributed by atoms with van der Waals surface area (Å²) < 4.78 is 0. The number of fused-ring (bicyclic) bond motifs is 2. The van der Waals surface area contributed by atoms with Crippen molar-refractivity contribution in [3.05, 3.63) is 65.2 Å². The molecule has 0 saturated carbocycles. The number of hydrazine groups is 2. The van der Waals surface area contributed by atoms with Crippen LogP contribution in [-0.2, 0) is 11.3 Å². The van der Waals surface area contributed by atoms with Crippen LogP contribution in [0.25, 0.3) is 11.4 Å². The van der Waals surface area contributed by atoms with E-state index >= 15 is 0 Å². The van der Waals surface area contributed by atoms with Crippen LogP contribution >= 0.6 is 0 Å². The number of rotatable bonds is 1. The van der Waals surface area contributed by atoms with Gasteiger partial charge in [-0.3, -0.25) is 4.79 Å². The minimum absolute atomic E-state index is 0.0623. The lowest BCUT2D eigenvalue weighted by atomic mass is 9.96. The van der Waals surface area contributed by atoms with Crippen LogP contribution in [0.3, 0.4) is 0 Å². The summed E-state index contributed by atoms with van der Waals surface area (Å²) in [6.45, 7) is 5.97. The molecule has 1 aliphatic heterocycles. The van der Waals surface area contributed by atoms with Crippen molar-refractivity contribution in [3.8, 4) is 0 Å². The summed E-state index contributed by atoms with van der Waals surface area (Å²) in [5.74, 6) is 11.6. The number of nitrogens with two attached hydrogens (primary N) is 3. The zero-order chi connectivity index (χ0) is 18.6. The van der Waals surface area contributed by atoms with Gasteiger partial charge >= 0.3 is 0 Å². The number of anilines is 1. The number of benzene rings is 2. The second-order valence-corrected chi connectivity index (χ2v) is 5.45. The standard InChI is InChI=1S/C17H19N5O.C2H6/c1-11(23)21-10-12-6-2-3-7-13(12)16(18)17(22(19)20)14-8-4-5-9-15(14)21;1-2/h2-9H,10,18-20H2,1H3;1-2H3/b17-16-;. The molecule has 2 aromatic rings. The monoisotopic (exact) mass is 339 g/mol. The zero-order valence-corrected chi connectivity index (χ0v) is 14.9. The van der Waals surface area contributed by atoms with Crippen LogP contribution in [0, 0.1) is 0 Å². The number of para-hydroxylation sites is 1. The van der Waals surface area contributed by atoms with Gasteiger partial charge in [-0.25, -0.2) is 16.8 Å². The maximum absolute atomic E-state index is 12.2. The molecule has 1 aliphatic rings. The van der Waals surface area contributed by atoms with Gasteiger partial charge in [-0.05, 0) is 11.6 Å². The Bertz CT molecular complexity index is 798. The third-order valence-electron chi connectivity index (χ3n) is 3.98. The van der Waals surface area contributed by atoms with Gasteiger partial charge in [-0.15, -0.1) is 0 Å². The molecule has 0 radical (unpaired) electrons. The summed E-state index contributed by atoms with van der Waals surface area (Å²) in [5.41, 5.74) is 10.6. The lowest BCUT2D eigenvalue weighted by Crippen LogP contribution is -2.39. The van der Waals surface area contributed by atoms with Crippen molar-refractivity contribution >= 4 is 23.0 Å². The molecule has 2 aromatic carbocycles. The number of hydrogen-bond donors (Lipinski definition) is 3. The normalized spacial score (nSPS) is 15.8. The van der Waals surface area contributed by atoms with Gasteiger partial charge < -0.3 is 10.6 Å². The maximum Gasteiger partial charge on any atom is 0.224 e. The summed E-state index contributed by atoms with van der Waals surface area (Å²) in [7, 11) is 0. The Balaban J connectivity index is 0.00000109. The van der Waals surface area contributed by atoms with Crippen molar-refractivity contribution in [2.45, 2.75) is 27.3 Å². The third kappa shape index (κ3) is 3.50. The smallest absolute Gasteiger partial charge is 0.224 e. The van der Waals surface area contributed by atoms with Crippen molar-refractivity contribution < 1.29 is 4.79 Å². The molecule has 3 rings (SSSR count). The van der Waals surface area contributed by atoms with E-state index in [0.29, 0.717) is 17.9 Å². The Hall–Kier alpha value is -2.83. The van der Waals surface area contributed by atoms with Crippen LogP contribution < -0.4 is 22.3 Å². The summed E-state index contributed by atoms with van der Waals surface area (Å²) in [4.78, 5) is 13.9. The fourth-order valence-electron chi connectivity index (χ4n) is 2.92. The molecular weight excluding hydrogens is 314 g/mol. The van der Waals surface area contributed by atoms with E-state index in [-0.39, 0.29) is 5.91 Å². The van der Waals surface area contributed by atoms with Gasteiger partial charge in [0.05, 0.1) is 17.9 Å². The zero-order valence-electron chi connectivity index (χ0n) is 14.9. The van der Waals surface area contributed by atoms with E-state index in [1.54, 1.807) is 4.90 Å². The number of amides is 1. The minimum Gasteiger partial charge on any atom is -0.396 e. The molecule has 0 atom stereocenters. The summed E-state index contributed by atoms with van der Waals surface area (Å²) in [5, 5.41) is 1.01. The first-order valence-corrected chi connectivity index (χ1v) is 8.25. The Morgan fingerprint density at radius 3 is 2.16 bits per heavy atom. The lowest BCUT2D eigenvalue weighted by Gasteiger charge is -2.31. The lowest BCUT2D eigenvalue weighted by molar-refractivity contribution is -0.116. The predicted molar refractivity (Wildman–Crippen MR) is 102 cm³/mol. The number of nitrogens with zero attached hydrogens (tertiary/aromatic N) is 2. The quantitative estimate of drug-likeness (QED) is 0.547. The minimum atomic E-state index is -0.0623. The Morgan fingerprint density at radius 2 is 1.56 bits per heavy atom. The first-order chi connectivity index (χ1) is 12.0. The molecule has 0 saturated heterocycles. The topological polar surface area (TPSA) is 102 Å². The highest BCUT2D eigenvalue weighted by Gasteiger charge is 2.25. The van der Waals surface area contributed by atoms with Gasteiger partial charge in [-0.2, -0.15) is 0 Å². The Labute approximate surface area is 148 Å². The molecule has 6 nitrogen and oxygen atoms in total.